The standard InChI is InChI=1S/C21H15N3O2/c22-13-15-5-1-2-6-17(15)18-7-3-4-8-19(18)21(26)24-16-11-9-14(10-12-16)20(23)25/h1-12H,(H2,23,25)(H,24,26). The Morgan fingerprint density at radius 3 is 2.12 bits per heavy atom. The molecule has 0 spiro atoms. The molecule has 0 aliphatic rings. The van der Waals surface area contributed by atoms with Crippen molar-refractivity contribution in [2.24, 2.45) is 5.73 Å². The lowest BCUT2D eigenvalue weighted by Gasteiger charge is -2.11. The van der Waals surface area contributed by atoms with E-state index in [4.69, 9.17) is 5.73 Å². The van der Waals surface area contributed by atoms with Gasteiger partial charge in [-0.1, -0.05) is 36.4 Å². The van der Waals surface area contributed by atoms with Gasteiger partial charge in [0.1, 0.15) is 0 Å². The summed E-state index contributed by atoms with van der Waals surface area (Å²) in [7, 11) is 0. The SMILES string of the molecule is N#Cc1ccccc1-c1ccccc1C(=O)Nc1ccc(C(N)=O)cc1. The molecule has 3 aromatic carbocycles. The number of benzene rings is 3. The monoisotopic (exact) mass is 341 g/mol. The predicted molar refractivity (Wildman–Crippen MR) is 99.5 cm³/mol. The fourth-order valence-corrected chi connectivity index (χ4v) is 2.65. The summed E-state index contributed by atoms with van der Waals surface area (Å²) in [5.41, 5.74) is 8.45. The molecule has 3 rings (SSSR count). The summed E-state index contributed by atoms with van der Waals surface area (Å²) in [5, 5.41) is 12.1. The van der Waals surface area contributed by atoms with Crippen molar-refractivity contribution in [3.05, 3.63) is 89.5 Å². The van der Waals surface area contributed by atoms with E-state index in [9.17, 15) is 14.9 Å². The zero-order valence-corrected chi connectivity index (χ0v) is 13.8. The number of carbonyl (C=O) groups excluding carboxylic acids is 2. The number of nitrogens with zero attached hydrogens (tertiary/aromatic N) is 1. The van der Waals surface area contributed by atoms with Gasteiger partial charge in [0.15, 0.2) is 0 Å². The summed E-state index contributed by atoms with van der Waals surface area (Å²) in [6.07, 6.45) is 0. The molecule has 5 nitrogen and oxygen atoms in total. The van der Waals surface area contributed by atoms with Crippen LogP contribution in [0.15, 0.2) is 72.8 Å². The Hall–Kier alpha value is -3.91. The lowest BCUT2D eigenvalue weighted by Crippen LogP contribution is -2.14. The van der Waals surface area contributed by atoms with Crippen LogP contribution in [0.1, 0.15) is 26.3 Å². The second-order valence-corrected chi connectivity index (χ2v) is 5.60. The van der Waals surface area contributed by atoms with Crippen molar-refractivity contribution in [1.82, 2.24) is 0 Å². The molecule has 0 unspecified atom stereocenters. The van der Waals surface area contributed by atoms with Crippen LogP contribution in [0.2, 0.25) is 0 Å². The number of nitriles is 1. The van der Waals surface area contributed by atoms with Gasteiger partial charge in [0.25, 0.3) is 5.91 Å². The molecule has 0 aliphatic heterocycles. The average Bonchev–Trinajstić information content (AvgIpc) is 2.68. The van der Waals surface area contributed by atoms with Crippen LogP contribution in [0.5, 0.6) is 0 Å². The normalized spacial score (nSPS) is 9.96. The fourth-order valence-electron chi connectivity index (χ4n) is 2.65. The van der Waals surface area contributed by atoms with Crippen LogP contribution in [0.25, 0.3) is 11.1 Å². The molecule has 5 heteroatoms. The quantitative estimate of drug-likeness (QED) is 0.759. The number of primary amides is 1. The molecule has 0 saturated carbocycles. The van der Waals surface area contributed by atoms with E-state index in [0.717, 1.165) is 0 Å². The molecule has 0 aliphatic carbocycles. The van der Waals surface area contributed by atoms with Crippen LogP contribution in [0.3, 0.4) is 0 Å². The van der Waals surface area contributed by atoms with E-state index < -0.39 is 5.91 Å². The topological polar surface area (TPSA) is 96.0 Å². The largest absolute Gasteiger partial charge is 0.366 e. The number of nitrogens with one attached hydrogen (secondary N) is 1. The summed E-state index contributed by atoms with van der Waals surface area (Å²) in [4.78, 5) is 23.9. The first-order chi connectivity index (χ1) is 12.6. The zero-order valence-electron chi connectivity index (χ0n) is 13.8. The smallest absolute Gasteiger partial charge is 0.256 e. The van der Waals surface area contributed by atoms with Gasteiger partial charge in [0, 0.05) is 22.4 Å². The Morgan fingerprint density at radius 2 is 1.46 bits per heavy atom. The maximum absolute atomic E-state index is 12.7. The number of nitrogens with two attached hydrogens (primary N) is 1. The molecule has 2 amide bonds. The molecule has 0 heterocycles. The van der Waals surface area contributed by atoms with Gasteiger partial charge in [-0.3, -0.25) is 9.59 Å². The number of hydrogen-bond donors (Lipinski definition) is 2. The Labute approximate surface area is 150 Å². The summed E-state index contributed by atoms with van der Waals surface area (Å²) in [6.45, 7) is 0. The molecule has 0 atom stereocenters. The van der Waals surface area contributed by atoms with Crippen LogP contribution in [-0.2, 0) is 0 Å². The van der Waals surface area contributed by atoms with E-state index in [1.165, 1.54) is 0 Å². The number of amides is 2. The fraction of sp³-hybridized carbons (Fsp3) is 0. The minimum atomic E-state index is -0.527. The molecular weight excluding hydrogens is 326 g/mol. The maximum atomic E-state index is 12.7. The van der Waals surface area contributed by atoms with E-state index in [0.29, 0.717) is 33.5 Å². The van der Waals surface area contributed by atoms with Gasteiger partial charge in [-0.15, -0.1) is 0 Å². The second-order valence-electron chi connectivity index (χ2n) is 5.60. The minimum absolute atomic E-state index is 0.305. The van der Waals surface area contributed by atoms with E-state index >= 15 is 0 Å². The molecule has 0 radical (unpaired) electrons. The molecule has 0 aromatic heterocycles. The first kappa shape index (κ1) is 16.9. The van der Waals surface area contributed by atoms with E-state index in [2.05, 4.69) is 11.4 Å². The van der Waals surface area contributed by atoms with Crippen LogP contribution in [0, 0.1) is 11.3 Å². The molecule has 3 aromatic rings. The van der Waals surface area contributed by atoms with Gasteiger partial charge >= 0.3 is 0 Å². The van der Waals surface area contributed by atoms with Crippen molar-refractivity contribution < 1.29 is 9.59 Å². The Balaban J connectivity index is 1.94. The van der Waals surface area contributed by atoms with Crippen molar-refractivity contribution in [3.8, 4) is 17.2 Å². The predicted octanol–water partition coefficient (Wildman–Crippen LogP) is 3.58. The average molecular weight is 341 g/mol. The van der Waals surface area contributed by atoms with Crippen LogP contribution in [-0.4, -0.2) is 11.8 Å². The lowest BCUT2D eigenvalue weighted by atomic mass is 9.95. The van der Waals surface area contributed by atoms with E-state index in [1.54, 1.807) is 54.6 Å². The molecule has 0 bridgehead atoms. The first-order valence-electron chi connectivity index (χ1n) is 7.90. The highest BCUT2D eigenvalue weighted by Crippen LogP contribution is 2.27. The third-order valence-corrected chi connectivity index (χ3v) is 3.94. The van der Waals surface area contributed by atoms with Gasteiger partial charge in [-0.2, -0.15) is 5.26 Å². The Morgan fingerprint density at radius 1 is 0.846 bits per heavy atom. The van der Waals surface area contributed by atoms with E-state index in [1.807, 2.05) is 18.2 Å². The summed E-state index contributed by atoms with van der Waals surface area (Å²) in [6, 6.07) is 22.7. The number of hydrogen-bond acceptors (Lipinski definition) is 3. The highest BCUT2D eigenvalue weighted by atomic mass is 16.2. The van der Waals surface area contributed by atoms with Crippen LogP contribution < -0.4 is 11.1 Å². The maximum Gasteiger partial charge on any atom is 0.256 e. The Bertz CT molecular complexity index is 1020. The van der Waals surface area contributed by atoms with Crippen LogP contribution in [0.4, 0.5) is 5.69 Å². The zero-order chi connectivity index (χ0) is 18.5. The number of anilines is 1. The highest BCUT2D eigenvalue weighted by molar-refractivity contribution is 6.09. The highest BCUT2D eigenvalue weighted by Gasteiger charge is 2.15. The van der Waals surface area contributed by atoms with Gasteiger partial charge in [0.05, 0.1) is 11.6 Å². The summed E-state index contributed by atoms with van der Waals surface area (Å²) < 4.78 is 0. The summed E-state index contributed by atoms with van der Waals surface area (Å²) >= 11 is 0. The molecular formula is C21H15N3O2. The van der Waals surface area contributed by atoms with Gasteiger partial charge in [-0.25, -0.2) is 0 Å². The van der Waals surface area contributed by atoms with Gasteiger partial charge in [-0.05, 0) is 42.0 Å². The molecule has 0 fully saturated rings. The molecule has 3 N–H and O–H groups in total. The second kappa shape index (κ2) is 7.32. The molecule has 126 valence electrons. The van der Waals surface area contributed by atoms with Crippen molar-refractivity contribution in [1.29, 1.82) is 5.26 Å². The van der Waals surface area contributed by atoms with Crippen molar-refractivity contribution >= 4 is 17.5 Å². The van der Waals surface area contributed by atoms with E-state index in [-0.39, 0.29) is 5.91 Å². The summed E-state index contributed by atoms with van der Waals surface area (Å²) in [5.74, 6) is -0.832. The van der Waals surface area contributed by atoms with Crippen molar-refractivity contribution in [2.75, 3.05) is 5.32 Å². The van der Waals surface area contributed by atoms with Crippen molar-refractivity contribution in [3.63, 3.8) is 0 Å². The van der Waals surface area contributed by atoms with Gasteiger partial charge < -0.3 is 11.1 Å². The molecule has 0 saturated heterocycles. The lowest BCUT2D eigenvalue weighted by molar-refractivity contribution is 0.0998. The first-order valence-corrected chi connectivity index (χ1v) is 7.90. The third-order valence-electron chi connectivity index (χ3n) is 3.94. The van der Waals surface area contributed by atoms with Crippen LogP contribution >= 0.6 is 0 Å². The van der Waals surface area contributed by atoms with Crippen molar-refractivity contribution in [2.45, 2.75) is 0 Å². The molecule has 26 heavy (non-hydrogen) atoms. The number of carbonyl (C=O) groups is 2. The van der Waals surface area contributed by atoms with Gasteiger partial charge in [0.2, 0.25) is 5.91 Å². The third kappa shape index (κ3) is 3.45. The Kier molecular flexibility index (Phi) is 4.77. The number of rotatable bonds is 4. The minimum Gasteiger partial charge on any atom is -0.366 e.